The highest BCUT2D eigenvalue weighted by molar-refractivity contribution is 5.79. The summed E-state index contributed by atoms with van der Waals surface area (Å²) < 4.78 is 8.32. The average molecular weight is 443 g/mol. The molecule has 0 spiro atoms. The van der Waals surface area contributed by atoms with Crippen molar-refractivity contribution in [2.45, 2.75) is 18.9 Å². The van der Waals surface area contributed by atoms with E-state index in [0.717, 1.165) is 41.0 Å². The Morgan fingerprint density at radius 2 is 2.15 bits per heavy atom. The third kappa shape index (κ3) is 4.06. The largest absolute Gasteiger partial charge is 0.449 e. The molecule has 11 nitrogen and oxygen atoms in total. The van der Waals surface area contributed by atoms with E-state index in [1.165, 1.54) is 6.20 Å². The van der Waals surface area contributed by atoms with Crippen molar-refractivity contribution in [1.29, 1.82) is 5.26 Å². The summed E-state index contributed by atoms with van der Waals surface area (Å²) in [7, 11) is 1.81. The van der Waals surface area contributed by atoms with Crippen LogP contribution >= 0.6 is 0 Å². The van der Waals surface area contributed by atoms with Gasteiger partial charge in [0, 0.05) is 30.5 Å². The molecule has 1 fully saturated rings. The molecule has 0 radical (unpaired) electrons. The van der Waals surface area contributed by atoms with E-state index in [2.05, 4.69) is 31.8 Å². The number of carbonyl (C=O) groups excluding carboxylic acids is 1. The van der Waals surface area contributed by atoms with Crippen molar-refractivity contribution < 1.29 is 9.53 Å². The SMILES string of the molecule is Cn1cc(-c2cnc(-c3ccc4cc(C#N)cnn34)cc2N[C@H]2C[C@H](COC(N)=O)C2)nn1. The smallest absolute Gasteiger partial charge is 0.404 e. The lowest BCUT2D eigenvalue weighted by molar-refractivity contribution is 0.106. The lowest BCUT2D eigenvalue weighted by Gasteiger charge is -2.36. The zero-order valence-electron chi connectivity index (χ0n) is 17.8. The first-order valence-electron chi connectivity index (χ1n) is 10.4. The van der Waals surface area contributed by atoms with Crippen LogP contribution in [-0.4, -0.2) is 48.3 Å². The van der Waals surface area contributed by atoms with Crippen molar-refractivity contribution >= 4 is 17.3 Å². The number of nitrogens with zero attached hydrogens (tertiary/aromatic N) is 7. The zero-order valence-corrected chi connectivity index (χ0v) is 17.8. The quantitative estimate of drug-likeness (QED) is 0.461. The van der Waals surface area contributed by atoms with Crippen molar-refractivity contribution in [3.63, 3.8) is 0 Å². The molecule has 0 aromatic carbocycles. The van der Waals surface area contributed by atoms with Crippen molar-refractivity contribution in [3.05, 3.63) is 48.4 Å². The Bertz CT molecular complexity index is 1380. The first-order chi connectivity index (χ1) is 16.0. The molecule has 0 unspecified atom stereocenters. The molecule has 11 heteroatoms. The van der Waals surface area contributed by atoms with E-state index in [1.54, 1.807) is 21.5 Å². The highest BCUT2D eigenvalue weighted by Gasteiger charge is 2.30. The second-order valence-corrected chi connectivity index (χ2v) is 8.11. The van der Waals surface area contributed by atoms with Crippen LogP contribution in [0.3, 0.4) is 0 Å². The fourth-order valence-electron chi connectivity index (χ4n) is 4.05. The van der Waals surface area contributed by atoms with Gasteiger partial charge >= 0.3 is 6.09 Å². The van der Waals surface area contributed by atoms with Crippen molar-refractivity contribution in [2.75, 3.05) is 11.9 Å². The van der Waals surface area contributed by atoms with Crippen molar-refractivity contribution in [3.8, 4) is 28.7 Å². The maximum absolute atomic E-state index is 10.8. The Morgan fingerprint density at radius 1 is 1.30 bits per heavy atom. The van der Waals surface area contributed by atoms with E-state index >= 15 is 0 Å². The topological polar surface area (TPSA) is 149 Å². The van der Waals surface area contributed by atoms with E-state index in [4.69, 9.17) is 15.7 Å². The fourth-order valence-corrected chi connectivity index (χ4v) is 4.05. The number of hydrogen-bond donors (Lipinski definition) is 2. The number of anilines is 1. The minimum atomic E-state index is -0.745. The van der Waals surface area contributed by atoms with Gasteiger partial charge in [-0.25, -0.2) is 9.31 Å². The molecule has 166 valence electrons. The number of nitrogens with one attached hydrogen (secondary N) is 1. The van der Waals surface area contributed by atoms with Crippen molar-refractivity contribution in [1.82, 2.24) is 29.6 Å². The van der Waals surface area contributed by atoms with Gasteiger partial charge in [-0.2, -0.15) is 10.4 Å². The molecule has 0 atom stereocenters. The van der Waals surface area contributed by atoms with E-state index in [-0.39, 0.29) is 12.0 Å². The van der Waals surface area contributed by atoms with Gasteiger partial charge < -0.3 is 15.8 Å². The van der Waals surface area contributed by atoms with Crippen LogP contribution in [0.15, 0.2) is 42.9 Å². The maximum atomic E-state index is 10.8. The van der Waals surface area contributed by atoms with Gasteiger partial charge in [0.2, 0.25) is 0 Å². The van der Waals surface area contributed by atoms with Gasteiger partial charge in [0.05, 0.1) is 41.5 Å². The van der Waals surface area contributed by atoms with Crippen molar-refractivity contribution in [2.24, 2.45) is 18.7 Å². The highest BCUT2D eigenvalue weighted by Crippen LogP contribution is 2.35. The monoisotopic (exact) mass is 443 g/mol. The number of ether oxygens (including phenoxy) is 1. The predicted octanol–water partition coefficient (Wildman–Crippen LogP) is 2.35. The summed E-state index contributed by atoms with van der Waals surface area (Å²) in [5.74, 6) is 0.282. The molecule has 4 heterocycles. The number of nitriles is 1. The molecule has 1 aliphatic carbocycles. The van der Waals surface area contributed by atoms with Gasteiger partial charge in [0.15, 0.2) is 0 Å². The van der Waals surface area contributed by atoms with Gasteiger partial charge in [-0.15, -0.1) is 5.10 Å². The number of amides is 1. The van der Waals surface area contributed by atoms with Crippen LogP contribution in [0.2, 0.25) is 0 Å². The van der Waals surface area contributed by atoms with Gasteiger partial charge in [0.25, 0.3) is 0 Å². The fraction of sp³-hybridized carbons (Fsp3) is 0.273. The molecule has 4 aromatic rings. The number of hydrogen-bond acceptors (Lipinski definition) is 8. The van der Waals surface area contributed by atoms with Crippen LogP contribution < -0.4 is 11.1 Å². The van der Waals surface area contributed by atoms with Crippen LogP contribution in [0, 0.1) is 17.2 Å². The summed E-state index contributed by atoms with van der Waals surface area (Å²) in [6.07, 6.45) is 6.12. The van der Waals surface area contributed by atoms with Crippen LogP contribution in [0.5, 0.6) is 0 Å². The summed E-state index contributed by atoms with van der Waals surface area (Å²) in [5, 5.41) is 25.4. The second-order valence-electron chi connectivity index (χ2n) is 8.11. The predicted molar refractivity (Wildman–Crippen MR) is 119 cm³/mol. The summed E-state index contributed by atoms with van der Waals surface area (Å²) >= 11 is 0. The molecular formula is C22H21N9O2. The second kappa shape index (κ2) is 8.23. The number of carbonyl (C=O) groups is 1. The molecule has 1 aliphatic rings. The first-order valence-corrected chi connectivity index (χ1v) is 10.4. The normalized spacial score (nSPS) is 17.3. The number of rotatable bonds is 6. The Balaban J connectivity index is 1.45. The average Bonchev–Trinajstić information content (AvgIpc) is 3.40. The Hall–Kier alpha value is -4.46. The molecule has 1 amide bonds. The molecule has 0 bridgehead atoms. The highest BCUT2D eigenvalue weighted by atomic mass is 16.5. The number of nitrogens with two attached hydrogens (primary N) is 1. The summed E-state index contributed by atoms with van der Waals surface area (Å²) in [6.45, 7) is 0.332. The number of aromatic nitrogens is 6. The van der Waals surface area contributed by atoms with Crippen LogP contribution in [-0.2, 0) is 11.8 Å². The molecule has 4 aromatic heterocycles. The van der Waals surface area contributed by atoms with Crippen LogP contribution in [0.4, 0.5) is 10.5 Å². The van der Waals surface area contributed by atoms with E-state index < -0.39 is 6.09 Å². The van der Waals surface area contributed by atoms with E-state index in [1.807, 2.05) is 31.4 Å². The molecule has 3 N–H and O–H groups in total. The maximum Gasteiger partial charge on any atom is 0.404 e. The van der Waals surface area contributed by atoms with Gasteiger partial charge in [0.1, 0.15) is 11.8 Å². The number of pyridine rings is 1. The Kier molecular flexibility index (Phi) is 5.10. The minimum absolute atomic E-state index is 0.220. The summed E-state index contributed by atoms with van der Waals surface area (Å²) in [5.41, 5.74) is 10.3. The Morgan fingerprint density at radius 3 is 2.88 bits per heavy atom. The summed E-state index contributed by atoms with van der Waals surface area (Å²) in [6, 6.07) is 9.92. The Labute approximate surface area is 188 Å². The van der Waals surface area contributed by atoms with E-state index in [9.17, 15) is 4.79 Å². The zero-order chi connectivity index (χ0) is 22.9. The molecular weight excluding hydrogens is 422 g/mol. The van der Waals surface area contributed by atoms with Crippen LogP contribution in [0.1, 0.15) is 18.4 Å². The number of fused-ring (bicyclic) bond motifs is 1. The van der Waals surface area contributed by atoms with Crippen LogP contribution in [0.25, 0.3) is 28.2 Å². The third-order valence-electron chi connectivity index (χ3n) is 5.73. The lowest BCUT2D eigenvalue weighted by Crippen LogP contribution is -2.38. The first kappa shape index (κ1) is 20.4. The number of primary amides is 1. The molecule has 0 saturated heterocycles. The van der Waals surface area contributed by atoms with Gasteiger partial charge in [-0.1, -0.05) is 5.21 Å². The molecule has 5 rings (SSSR count). The number of aryl methyl sites for hydroxylation is 1. The molecule has 0 aliphatic heterocycles. The summed E-state index contributed by atoms with van der Waals surface area (Å²) in [4.78, 5) is 15.5. The van der Waals surface area contributed by atoms with Gasteiger partial charge in [-0.05, 0) is 43.0 Å². The third-order valence-corrected chi connectivity index (χ3v) is 5.73. The molecule has 33 heavy (non-hydrogen) atoms. The minimum Gasteiger partial charge on any atom is -0.449 e. The van der Waals surface area contributed by atoms with E-state index in [0.29, 0.717) is 17.9 Å². The standard InChI is InChI=1S/C22H21N9O2/c1-30-11-20(28-29-30)17-10-25-19(21-3-2-16-6-14(8-23)9-26-31(16)21)7-18(17)27-15-4-13(5-15)12-33-22(24)32/h2-3,6-7,9-11,13,15H,4-5,12H2,1H3,(H2,24,32)(H,25,27)/t13-,15-. The van der Waals surface area contributed by atoms with Gasteiger partial charge in [-0.3, -0.25) is 9.67 Å². The lowest BCUT2D eigenvalue weighted by atomic mass is 9.80. The molecule has 1 saturated carbocycles.